The van der Waals surface area contributed by atoms with E-state index in [-0.39, 0.29) is 18.3 Å². The lowest BCUT2D eigenvalue weighted by molar-refractivity contribution is -0.118. The Morgan fingerprint density at radius 1 is 1.33 bits per heavy atom. The Kier molecular flexibility index (Phi) is 4.07. The molecule has 1 aromatic carbocycles. The average molecular weight is 307 g/mol. The van der Waals surface area contributed by atoms with E-state index >= 15 is 0 Å². The van der Waals surface area contributed by atoms with Crippen LogP contribution in [0.3, 0.4) is 0 Å². The van der Waals surface area contributed by atoms with Gasteiger partial charge in [-0.15, -0.1) is 12.4 Å². The van der Waals surface area contributed by atoms with Crippen LogP contribution in [0.25, 0.3) is 5.69 Å². The molecule has 5 nitrogen and oxygen atoms in total. The second kappa shape index (κ2) is 5.50. The first-order chi connectivity index (χ1) is 9.48. The van der Waals surface area contributed by atoms with Gasteiger partial charge in [-0.3, -0.25) is 4.79 Å². The summed E-state index contributed by atoms with van der Waals surface area (Å²) in [4.78, 5) is 12.0. The first kappa shape index (κ1) is 15.5. The summed E-state index contributed by atoms with van der Waals surface area (Å²) in [7, 11) is 0. The fourth-order valence-corrected chi connectivity index (χ4v) is 2.22. The van der Waals surface area contributed by atoms with Crippen LogP contribution in [0.1, 0.15) is 24.2 Å². The largest absolute Gasteiger partial charge is 0.324 e. The lowest BCUT2D eigenvalue weighted by Crippen LogP contribution is -2.37. The van der Waals surface area contributed by atoms with Crippen molar-refractivity contribution in [1.29, 1.82) is 0 Å². The second-order valence-electron chi connectivity index (χ2n) is 5.50. The highest BCUT2D eigenvalue weighted by atomic mass is 35.5. The Bertz CT molecular complexity index is 676. The molecule has 21 heavy (non-hydrogen) atoms. The van der Waals surface area contributed by atoms with Crippen LogP contribution < -0.4 is 11.1 Å². The van der Waals surface area contributed by atoms with Crippen molar-refractivity contribution in [1.82, 2.24) is 9.78 Å². The van der Waals surface area contributed by atoms with Crippen LogP contribution in [0.4, 0.5) is 5.69 Å². The summed E-state index contributed by atoms with van der Waals surface area (Å²) in [5.74, 6) is -0.108. The monoisotopic (exact) mass is 306 g/mol. The molecule has 1 aromatic heterocycles. The van der Waals surface area contributed by atoms with E-state index in [2.05, 4.69) is 10.4 Å². The summed E-state index contributed by atoms with van der Waals surface area (Å²) in [6.45, 7) is 3.96. The van der Waals surface area contributed by atoms with Crippen molar-refractivity contribution in [3.05, 3.63) is 41.7 Å². The van der Waals surface area contributed by atoms with Gasteiger partial charge in [0.15, 0.2) is 0 Å². The van der Waals surface area contributed by atoms with Crippen molar-refractivity contribution in [2.75, 3.05) is 5.32 Å². The molecule has 6 heteroatoms. The fourth-order valence-electron chi connectivity index (χ4n) is 2.22. The summed E-state index contributed by atoms with van der Waals surface area (Å²) in [5, 5.41) is 7.32. The number of nitrogens with zero attached hydrogens (tertiary/aromatic N) is 2. The van der Waals surface area contributed by atoms with Gasteiger partial charge < -0.3 is 11.1 Å². The summed E-state index contributed by atoms with van der Waals surface area (Å²) in [6, 6.07) is 9.65. The highest BCUT2D eigenvalue weighted by Crippen LogP contribution is 2.33. The Hall–Kier alpha value is -1.85. The number of nitrogens with two attached hydrogens (primary N) is 1. The van der Waals surface area contributed by atoms with Gasteiger partial charge >= 0.3 is 0 Å². The average Bonchev–Trinajstić information content (AvgIpc) is 3.06. The Morgan fingerprint density at radius 3 is 2.62 bits per heavy atom. The van der Waals surface area contributed by atoms with Crippen molar-refractivity contribution < 1.29 is 4.79 Å². The molecule has 3 N–H and O–H groups in total. The van der Waals surface area contributed by atoms with Crippen LogP contribution in [0.2, 0.25) is 0 Å². The van der Waals surface area contributed by atoms with E-state index in [0.29, 0.717) is 0 Å². The Balaban J connectivity index is 0.00000161. The van der Waals surface area contributed by atoms with E-state index in [0.717, 1.165) is 35.6 Å². The van der Waals surface area contributed by atoms with Crippen molar-refractivity contribution in [3.63, 3.8) is 0 Å². The third-order valence-corrected chi connectivity index (χ3v) is 3.60. The predicted molar refractivity (Wildman–Crippen MR) is 85.1 cm³/mol. The van der Waals surface area contributed by atoms with Crippen LogP contribution >= 0.6 is 12.4 Å². The quantitative estimate of drug-likeness (QED) is 0.914. The lowest BCUT2D eigenvalue weighted by atomic mass is 10.2. The molecule has 0 atom stereocenters. The number of halogens is 1. The zero-order valence-corrected chi connectivity index (χ0v) is 12.9. The Labute approximate surface area is 129 Å². The number of carbonyl (C=O) groups is 1. The predicted octanol–water partition coefficient (Wildman–Crippen LogP) is 2.34. The van der Waals surface area contributed by atoms with Gasteiger partial charge in [0.25, 0.3) is 0 Å². The van der Waals surface area contributed by atoms with Gasteiger partial charge in [-0.2, -0.15) is 5.10 Å². The number of carbonyl (C=O) groups excluding carboxylic acids is 1. The molecule has 0 unspecified atom stereocenters. The maximum atomic E-state index is 12.0. The SMILES string of the molecule is Cc1cc(C)n(-c2cccc(NC(=O)C3(N)CC3)c2)n1.Cl. The fraction of sp³-hybridized carbons (Fsp3) is 0.333. The smallest absolute Gasteiger partial charge is 0.244 e. The summed E-state index contributed by atoms with van der Waals surface area (Å²) in [5.41, 5.74) is 8.93. The molecule has 0 bridgehead atoms. The Morgan fingerprint density at radius 2 is 2.05 bits per heavy atom. The zero-order valence-electron chi connectivity index (χ0n) is 12.1. The van der Waals surface area contributed by atoms with Gasteiger partial charge in [0, 0.05) is 11.4 Å². The number of hydrogen-bond donors (Lipinski definition) is 2. The molecule has 1 fully saturated rings. The number of aryl methyl sites for hydroxylation is 2. The van der Waals surface area contributed by atoms with Crippen LogP contribution in [-0.2, 0) is 4.79 Å². The second-order valence-corrected chi connectivity index (χ2v) is 5.50. The molecule has 1 heterocycles. The topological polar surface area (TPSA) is 72.9 Å². The first-order valence-corrected chi connectivity index (χ1v) is 6.72. The standard InChI is InChI=1S/C15H18N4O.ClH/c1-10-8-11(2)19(18-10)13-5-3-4-12(9-13)17-14(20)15(16)6-7-15;/h3-5,8-9H,6-7,16H2,1-2H3,(H,17,20);1H. The number of amides is 1. The maximum Gasteiger partial charge on any atom is 0.244 e. The minimum absolute atomic E-state index is 0. The number of hydrogen-bond acceptors (Lipinski definition) is 3. The minimum Gasteiger partial charge on any atom is -0.324 e. The maximum absolute atomic E-state index is 12.0. The number of nitrogens with one attached hydrogen (secondary N) is 1. The van der Waals surface area contributed by atoms with E-state index in [1.165, 1.54) is 0 Å². The van der Waals surface area contributed by atoms with E-state index < -0.39 is 5.54 Å². The molecule has 0 radical (unpaired) electrons. The van der Waals surface area contributed by atoms with Crippen LogP contribution in [0, 0.1) is 13.8 Å². The van der Waals surface area contributed by atoms with E-state index in [1.807, 2.05) is 48.9 Å². The van der Waals surface area contributed by atoms with Crippen LogP contribution in [0.15, 0.2) is 30.3 Å². The molecular formula is C15H19ClN4O. The van der Waals surface area contributed by atoms with Crippen molar-refractivity contribution in [2.45, 2.75) is 32.2 Å². The minimum atomic E-state index is -0.659. The normalized spacial score (nSPS) is 15.2. The molecule has 0 saturated heterocycles. The third kappa shape index (κ3) is 3.09. The van der Waals surface area contributed by atoms with Crippen LogP contribution in [0.5, 0.6) is 0 Å². The molecular weight excluding hydrogens is 288 g/mol. The number of rotatable bonds is 3. The van der Waals surface area contributed by atoms with Crippen LogP contribution in [-0.4, -0.2) is 21.2 Å². The molecule has 0 spiro atoms. The molecule has 1 aliphatic rings. The van der Waals surface area contributed by atoms with Gasteiger partial charge in [0.05, 0.1) is 16.9 Å². The highest BCUT2D eigenvalue weighted by molar-refractivity contribution is 6.00. The van der Waals surface area contributed by atoms with Crippen molar-refractivity contribution in [2.24, 2.45) is 5.73 Å². The molecule has 2 aromatic rings. The summed E-state index contributed by atoms with van der Waals surface area (Å²) < 4.78 is 1.86. The molecule has 3 rings (SSSR count). The van der Waals surface area contributed by atoms with Gasteiger partial charge in [-0.25, -0.2) is 4.68 Å². The van der Waals surface area contributed by atoms with Gasteiger partial charge in [-0.05, 0) is 51.0 Å². The van der Waals surface area contributed by atoms with Gasteiger partial charge in [0.2, 0.25) is 5.91 Å². The van der Waals surface area contributed by atoms with Gasteiger partial charge in [-0.1, -0.05) is 6.07 Å². The summed E-state index contributed by atoms with van der Waals surface area (Å²) in [6.07, 6.45) is 1.52. The molecule has 0 aliphatic heterocycles. The zero-order chi connectivity index (χ0) is 14.3. The molecule has 112 valence electrons. The van der Waals surface area contributed by atoms with E-state index in [9.17, 15) is 4.79 Å². The third-order valence-electron chi connectivity index (χ3n) is 3.60. The van der Waals surface area contributed by atoms with Crippen molar-refractivity contribution >= 4 is 24.0 Å². The number of anilines is 1. The van der Waals surface area contributed by atoms with Gasteiger partial charge in [0.1, 0.15) is 0 Å². The molecule has 1 aliphatic carbocycles. The highest BCUT2D eigenvalue weighted by Gasteiger charge is 2.45. The molecule has 1 saturated carbocycles. The molecule has 1 amide bonds. The lowest BCUT2D eigenvalue weighted by Gasteiger charge is -2.11. The van der Waals surface area contributed by atoms with E-state index in [1.54, 1.807) is 0 Å². The number of aromatic nitrogens is 2. The van der Waals surface area contributed by atoms with Crippen molar-refractivity contribution in [3.8, 4) is 5.69 Å². The number of benzene rings is 1. The first-order valence-electron chi connectivity index (χ1n) is 6.72. The summed E-state index contributed by atoms with van der Waals surface area (Å²) >= 11 is 0. The van der Waals surface area contributed by atoms with E-state index in [4.69, 9.17) is 5.73 Å².